The first-order valence-electron chi connectivity index (χ1n) is 10.5. The molecule has 2 N–H and O–H groups in total. The minimum Gasteiger partial charge on any atom is -0.316 e. The Morgan fingerprint density at radius 2 is 1.47 bits per heavy atom. The van der Waals surface area contributed by atoms with E-state index in [9.17, 15) is 18.0 Å². The highest BCUT2D eigenvalue weighted by molar-refractivity contribution is 7.92. The molecule has 0 atom stereocenters. The van der Waals surface area contributed by atoms with Crippen LogP contribution in [0.25, 0.3) is 5.69 Å². The summed E-state index contributed by atoms with van der Waals surface area (Å²) in [6, 6.07) is 21.7. The van der Waals surface area contributed by atoms with Gasteiger partial charge in [-0.2, -0.15) is 0 Å². The van der Waals surface area contributed by atoms with Gasteiger partial charge in [-0.1, -0.05) is 36.4 Å². The van der Waals surface area contributed by atoms with Crippen molar-refractivity contribution in [1.29, 1.82) is 0 Å². The molecule has 8 nitrogen and oxygen atoms in total. The van der Waals surface area contributed by atoms with E-state index < -0.39 is 15.9 Å². The van der Waals surface area contributed by atoms with Crippen LogP contribution in [0.4, 0.5) is 11.4 Å². The number of hydrogen-bond acceptors (Lipinski definition) is 4. The summed E-state index contributed by atoms with van der Waals surface area (Å²) in [4.78, 5) is 25.9. The highest BCUT2D eigenvalue weighted by Gasteiger charge is 2.20. The summed E-state index contributed by atoms with van der Waals surface area (Å²) >= 11 is 0. The average molecular weight is 477 g/mol. The maximum absolute atomic E-state index is 13.0. The number of para-hydroxylation sites is 2. The second kappa shape index (κ2) is 9.03. The smallest absolute Gasteiger partial charge is 0.295 e. The fourth-order valence-corrected chi connectivity index (χ4v) is 4.71. The molecule has 1 heterocycles. The van der Waals surface area contributed by atoms with E-state index in [-0.39, 0.29) is 21.7 Å². The molecule has 4 rings (SSSR count). The number of anilines is 2. The molecule has 0 radical (unpaired) electrons. The molecule has 4 aromatic rings. The molecule has 0 aliphatic heterocycles. The third kappa shape index (κ3) is 4.38. The van der Waals surface area contributed by atoms with Crippen LogP contribution in [0.2, 0.25) is 0 Å². The predicted molar refractivity (Wildman–Crippen MR) is 132 cm³/mol. The van der Waals surface area contributed by atoms with Crippen LogP contribution >= 0.6 is 0 Å². The van der Waals surface area contributed by atoms with E-state index in [1.807, 2.05) is 37.3 Å². The van der Waals surface area contributed by atoms with Crippen LogP contribution in [0.3, 0.4) is 0 Å². The van der Waals surface area contributed by atoms with E-state index in [1.165, 1.54) is 28.9 Å². The zero-order chi connectivity index (χ0) is 24.5. The summed E-state index contributed by atoms with van der Waals surface area (Å²) in [5, 5.41) is 2.67. The van der Waals surface area contributed by atoms with Gasteiger partial charge in [-0.05, 0) is 61.9 Å². The Balaban J connectivity index is 1.56. The van der Waals surface area contributed by atoms with Gasteiger partial charge in [-0.25, -0.2) is 13.1 Å². The van der Waals surface area contributed by atoms with E-state index in [0.717, 1.165) is 5.56 Å². The summed E-state index contributed by atoms with van der Waals surface area (Å²) in [6.45, 7) is 3.55. The average Bonchev–Trinajstić information content (AvgIpc) is 3.04. The van der Waals surface area contributed by atoms with Gasteiger partial charge >= 0.3 is 0 Å². The van der Waals surface area contributed by atoms with Gasteiger partial charge in [0.25, 0.3) is 21.5 Å². The minimum absolute atomic E-state index is 0.0228. The van der Waals surface area contributed by atoms with E-state index in [2.05, 4.69) is 10.0 Å². The molecule has 0 saturated carbocycles. The van der Waals surface area contributed by atoms with Crippen molar-refractivity contribution in [3.8, 4) is 5.69 Å². The van der Waals surface area contributed by atoms with Gasteiger partial charge in [0.1, 0.15) is 5.69 Å². The van der Waals surface area contributed by atoms with Crippen molar-refractivity contribution in [1.82, 2.24) is 9.36 Å². The largest absolute Gasteiger partial charge is 0.316 e. The quantitative estimate of drug-likeness (QED) is 0.441. The fourth-order valence-electron chi connectivity index (χ4n) is 3.57. The van der Waals surface area contributed by atoms with Gasteiger partial charge in [-0.15, -0.1) is 0 Å². The third-order valence-corrected chi connectivity index (χ3v) is 6.99. The van der Waals surface area contributed by atoms with Crippen molar-refractivity contribution in [2.45, 2.75) is 18.7 Å². The highest BCUT2D eigenvalue weighted by atomic mass is 32.2. The van der Waals surface area contributed by atoms with Gasteiger partial charge in [0.2, 0.25) is 0 Å². The van der Waals surface area contributed by atoms with Crippen molar-refractivity contribution in [2.24, 2.45) is 7.05 Å². The monoisotopic (exact) mass is 476 g/mol. The normalized spacial score (nSPS) is 11.3. The lowest BCUT2D eigenvalue weighted by molar-refractivity contribution is 0.102. The molecule has 174 valence electrons. The number of amides is 1. The van der Waals surface area contributed by atoms with Crippen molar-refractivity contribution in [2.75, 3.05) is 10.0 Å². The van der Waals surface area contributed by atoms with Gasteiger partial charge in [0, 0.05) is 12.6 Å². The Hall–Kier alpha value is -4.11. The van der Waals surface area contributed by atoms with Gasteiger partial charge < -0.3 is 5.32 Å². The van der Waals surface area contributed by atoms with Crippen LogP contribution in [0.1, 0.15) is 21.6 Å². The zero-order valence-electron chi connectivity index (χ0n) is 18.9. The van der Waals surface area contributed by atoms with E-state index >= 15 is 0 Å². The number of sulfonamides is 1. The maximum Gasteiger partial charge on any atom is 0.295 e. The standard InChI is InChI=1S/C25H24N4O4S/c1-17-9-7-8-12-22(17)27-34(32,33)21-15-13-19(14-16-21)24(30)26-23-18(2)28(3)29(25(23)31)20-10-5-4-6-11-20/h4-16,27H,1-3H3,(H,26,30). The number of aromatic nitrogens is 2. The van der Waals surface area contributed by atoms with Crippen molar-refractivity contribution >= 4 is 27.3 Å². The molecule has 0 aliphatic rings. The molecule has 3 aromatic carbocycles. The molecule has 0 aliphatic carbocycles. The van der Waals surface area contributed by atoms with Crippen LogP contribution in [-0.4, -0.2) is 23.7 Å². The number of nitrogens with one attached hydrogen (secondary N) is 2. The molecule has 0 spiro atoms. The maximum atomic E-state index is 13.0. The van der Waals surface area contributed by atoms with Crippen LogP contribution in [0, 0.1) is 13.8 Å². The lowest BCUT2D eigenvalue weighted by Crippen LogP contribution is -2.23. The van der Waals surface area contributed by atoms with E-state index in [4.69, 9.17) is 0 Å². The Morgan fingerprint density at radius 3 is 2.12 bits per heavy atom. The van der Waals surface area contributed by atoms with Gasteiger partial charge in [0.05, 0.1) is 22.0 Å². The molecule has 0 saturated heterocycles. The SMILES string of the molecule is Cc1ccccc1NS(=O)(=O)c1ccc(C(=O)Nc2c(C)n(C)n(-c3ccccc3)c2=O)cc1. The fraction of sp³-hybridized carbons (Fsp3) is 0.120. The first-order valence-corrected chi connectivity index (χ1v) is 12.0. The number of nitrogens with zero attached hydrogens (tertiary/aromatic N) is 2. The number of benzene rings is 3. The number of carbonyl (C=O) groups excluding carboxylic acids is 1. The topological polar surface area (TPSA) is 102 Å². The molecule has 34 heavy (non-hydrogen) atoms. The summed E-state index contributed by atoms with van der Waals surface area (Å²) < 4.78 is 31.2. The van der Waals surface area contributed by atoms with Gasteiger partial charge in [0.15, 0.2) is 0 Å². The van der Waals surface area contributed by atoms with Crippen molar-refractivity contribution in [3.05, 3.63) is 106 Å². The van der Waals surface area contributed by atoms with E-state index in [0.29, 0.717) is 17.1 Å². The molecular weight excluding hydrogens is 452 g/mol. The Morgan fingerprint density at radius 1 is 0.853 bits per heavy atom. The lowest BCUT2D eigenvalue weighted by atomic mass is 10.2. The zero-order valence-corrected chi connectivity index (χ0v) is 19.8. The summed E-state index contributed by atoms with van der Waals surface area (Å²) in [5.41, 5.74) is 2.57. The third-order valence-electron chi connectivity index (χ3n) is 5.61. The van der Waals surface area contributed by atoms with Crippen molar-refractivity contribution in [3.63, 3.8) is 0 Å². The molecule has 0 fully saturated rings. The first kappa shape index (κ1) is 23.1. The Labute approximate surface area is 197 Å². The van der Waals surface area contributed by atoms with Gasteiger partial charge in [-0.3, -0.25) is 19.0 Å². The predicted octanol–water partition coefficient (Wildman–Crippen LogP) is 3.85. The Bertz CT molecular complexity index is 1520. The van der Waals surface area contributed by atoms with Crippen LogP contribution in [0.15, 0.2) is 88.6 Å². The number of hydrogen-bond donors (Lipinski definition) is 2. The Kier molecular flexibility index (Phi) is 6.12. The van der Waals surface area contributed by atoms with Crippen LogP contribution in [0.5, 0.6) is 0 Å². The molecule has 1 aromatic heterocycles. The summed E-state index contributed by atoms with van der Waals surface area (Å²) in [5.74, 6) is -0.512. The van der Waals surface area contributed by atoms with Crippen molar-refractivity contribution < 1.29 is 13.2 Å². The number of rotatable bonds is 6. The molecule has 9 heteroatoms. The summed E-state index contributed by atoms with van der Waals surface area (Å²) in [7, 11) is -2.09. The van der Waals surface area contributed by atoms with E-state index in [1.54, 1.807) is 42.9 Å². The second-order valence-electron chi connectivity index (χ2n) is 7.84. The molecular formula is C25H24N4O4S. The molecule has 0 bridgehead atoms. The number of aryl methyl sites for hydroxylation is 1. The minimum atomic E-state index is -3.82. The second-order valence-corrected chi connectivity index (χ2v) is 9.52. The van der Waals surface area contributed by atoms with Crippen LogP contribution < -0.4 is 15.6 Å². The molecule has 1 amide bonds. The number of carbonyl (C=O) groups is 1. The summed E-state index contributed by atoms with van der Waals surface area (Å²) in [6.07, 6.45) is 0. The molecule has 0 unspecified atom stereocenters. The lowest BCUT2D eigenvalue weighted by Gasteiger charge is -2.11. The first-order chi connectivity index (χ1) is 16.2. The van der Waals surface area contributed by atoms with Crippen LogP contribution in [-0.2, 0) is 17.1 Å². The highest BCUT2D eigenvalue weighted by Crippen LogP contribution is 2.20.